The minimum absolute atomic E-state index is 0.284. The Balaban J connectivity index is 1.52. The lowest BCUT2D eigenvalue weighted by atomic mass is 9.33. The molecular formula is C37H44O18. The quantitative estimate of drug-likeness (QED) is 0.193. The lowest BCUT2D eigenvalue weighted by Gasteiger charge is -2.77. The van der Waals surface area contributed by atoms with Crippen LogP contribution in [0.5, 0.6) is 0 Å². The summed E-state index contributed by atoms with van der Waals surface area (Å²) in [6.45, 7) is 8.63. The zero-order chi connectivity index (χ0) is 40.4. The van der Waals surface area contributed by atoms with E-state index in [1.54, 1.807) is 0 Å². The Morgan fingerprint density at radius 1 is 0.855 bits per heavy atom. The average Bonchev–Trinajstić information content (AvgIpc) is 3.35. The molecule has 5 saturated carbocycles. The minimum Gasteiger partial charge on any atom is -0.472 e. The molecule has 300 valence electrons. The van der Waals surface area contributed by atoms with E-state index in [0.717, 1.165) is 27.9 Å². The smallest absolute Gasteiger partial charge is 0.347 e. The average molecular weight is 777 g/mol. The molecule has 2 bridgehead atoms. The van der Waals surface area contributed by atoms with Crippen LogP contribution in [0.15, 0.2) is 23.0 Å². The van der Waals surface area contributed by atoms with Crippen molar-refractivity contribution in [2.75, 3.05) is 7.11 Å². The molecule has 0 amide bonds. The van der Waals surface area contributed by atoms with Gasteiger partial charge in [0.2, 0.25) is 6.10 Å². The standard InChI is InChI=1S/C37H44O18/c1-14(2)25(41)54-22-23(51-16(4)39)36(46)31(7)20(19(26(42)48-8)50-15(3)38)30(6)12-34(31,44)35(45,28(30)52-17(5)40)29-37(36,47)33-13-32(22,33)21(18-9-10-49-11-18)53-24(33)27(43)55-29/h9-11,14,19-24,28-29,44-47H,12-13H2,1-8H3/t19-,20+,21-,22+,23-,24+,28+,29-,30-,31?,32-,33-,34?,35?,36+,37+/m1/s1. The zero-order valence-corrected chi connectivity index (χ0v) is 31.3. The third-order valence-corrected chi connectivity index (χ3v) is 14.6. The molecule has 7 fully saturated rings. The second-order valence-electron chi connectivity index (χ2n) is 17.1. The number of fused-ring (bicyclic) bond motifs is 3. The molecule has 18 nitrogen and oxygen atoms in total. The molecule has 0 aromatic carbocycles. The van der Waals surface area contributed by atoms with Gasteiger partial charge in [-0.15, -0.1) is 0 Å². The van der Waals surface area contributed by atoms with Crippen molar-refractivity contribution < 1.29 is 86.8 Å². The summed E-state index contributed by atoms with van der Waals surface area (Å²) in [4.78, 5) is 80.8. The number of ether oxygens (including phenoxy) is 7. The zero-order valence-electron chi connectivity index (χ0n) is 31.3. The van der Waals surface area contributed by atoms with Gasteiger partial charge >= 0.3 is 35.8 Å². The summed E-state index contributed by atoms with van der Waals surface area (Å²) >= 11 is 0. The van der Waals surface area contributed by atoms with Crippen LogP contribution in [0.25, 0.3) is 0 Å². The van der Waals surface area contributed by atoms with Crippen LogP contribution in [0.2, 0.25) is 0 Å². The Bertz CT molecular complexity index is 1930. The molecule has 2 aliphatic heterocycles. The first-order chi connectivity index (χ1) is 25.5. The van der Waals surface area contributed by atoms with E-state index in [9.17, 15) is 49.2 Å². The van der Waals surface area contributed by atoms with E-state index >= 15 is 0 Å². The summed E-state index contributed by atoms with van der Waals surface area (Å²) < 4.78 is 46.4. The second-order valence-corrected chi connectivity index (χ2v) is 17.1. The maximum Gasteiger partial charge on any atom is 0.347 e. The van der Waals surface area contributed by atoms with Crippen molar-refractivity contribution in [1.82, 2.24) is 0 Å². The van der Waals surface area contributed by atoms with Crippen LogP contribution in [0.1, 0.15) is 73.0 Å². The summed E-state index contributed by atoms with van der Waals surface area (Å²) in [6, 6.07) is 1.51. The van der Waals surface area contributed by atoms with Crippen molar-refractivity contribution >= 4 is 35.8 Å². The van der Waals surface area contributed by atoms with Crippen molar-refractivity contribution in [2.45, 2.75) is 126 Å². The molecule has 1 aromatic rings. The highest BCUT2D eigenvalue weighted by atomic mass is 16.6. The van der Waals surface area contributed by atoms with Crippen LogP contribution in [-0.4, -0.2) is 122 Å². The molecular weight excluding hydrogens is 732 g/mol. The number of furan rings is 1. The Labute approximate surface area is 313 Å². The molecule has 55 heavy (non-hydrogen) atoms. The molecule has 8 rings (SSSR count). The van der Waals surface area contributed by atoms with Crippen molar-refractivity contribution in [3.63, 3.8) is 0 Å². The Morgan fingerprint density at radius 3 is 2.05 bits per heavy atom. The van der Waals surface area contributed by atoms with Crippen LogP contribution >= 0.6 is 0 Å². The highest BCUT2D eigenvalue weighted by molar-refractivity contribution is 5.84. The summed E-state index contributed by atoms with van der Waals surface area (Å²) in [6.07, 6.45) is -11.6. The monoisotopic (exact) mass is 776 g/mol. The van der Waals surface area contributed by atoms with E-state index in [2.05, 4.69) is 0 Å². The largest absolute Gasteiger partial charge is 0.472 e. The van der Waals surface area contributed by atoms with Gasteiger partial charge < -0.3 is 58.0 Å². The Hall–Kier alpha value is -4.10. The fraction of sp³-hybridized carbons (Fsp3) is 0.730. The molecule has 0 radical (unpaired) electrons. The number of rotatable bonds is 8. The first-order valence-electron chi connectivity index (χ1n) is 18.1. The highest BCUT2D eigenvalue weighted by Gasteiger charge is 3.09. The van der Waals surface area contributed by atoms with Crippen LogP contribution in [0, 0.1) is 33.5 Å². The van der Waals surface area contributed by atoms with Crippen molar-refractivity contribution in [1.29, 1.82) is 0 Å². The normalized spacial score (nSPS) is 49.5. The topological polar surface area (TPSA) is 261 Å². The summed E-state index contributed by atoms with van der Waals surface area (Å²) in [5.74, 6) is -8.80. The maximum absolute atomic E-state index is 14.4. The summed E-state index contributed by atoms with van der Waals surface area (Å²) in [7, 11) is 0.989. The van der Waals surface area contributed by atoms with E-state index < -0.39 is 141 Å². The minimum atomic E-state index is -3.21. The van der Waals surface area contributed by atoms with E-state index in [0.29, 0.717) is 5.56 Å². The van der Waals surface area contributed by atoms with Gasteiger partial charge in [0, 0.05) is 43.1 Å². The van der Waals surface area contributed by atoms with Crippen molar-refractivity contribution in [2.24, 2.45) is 33.5 Å². The molecule has 3 heterocycles. The van der Waals surface area contributed by atoms with Gasteiger partial charge in [-0.1, -0.05) is 27.7 Å². The molecule has 1 aromatic heterocycles. The van der Waals surface area contributed by atoms with Gasteiger partial charge in [0.25, 0.3) is 0 Å². The van der Waals surface area contributed by atoms with E-state index in [4.69, 9.17) is 37.6 Å². The number of carbonyl (C=O) groups excluding carboxylic acids is 6. The van der Waals surface area contributed by atoms with Gasteiger partial charge in [-0.2, -0.15) is 0 Å². The number of hydrogen-bond donors (Lipinski definition) is 4. The van der Waals surface area contributed by atoms with E-state index in [1.807, 2.05) is 0 Å². The SMILES string of the molecule is COC(=O)[C@H](OC(C)=O)[C@@H]1C2(C)C3(O)C[C@@]1(C)[C@H](OC(C)=O)C3(O)[C@H]1OC(=O)[C@@H]3O[C@H](c4ccoc4)[C@@]45C[C@@]34[C@]1(O)[C@]2(O)[C@H](OC(C)=O)[C@@H]5OC(=O)C(C)C. The molecule has 3 unspecified atom stereocenters. The van der Waals surface area contributed by atoms with Gasteiger partial charge in [0.15, 0.2) is 30.0 Å². The molecule has 16 atom stereocenters. The van der Waals surface area contributed by atoms with E-state index in [1.165, 1.54) is 46.3 Å². The molecule has 5 aliphatic carbocycles. The molecule has 4 N–H and O–H groups in total. The van der Waals surface area contributed by atoms with Crippen molar-refractivity contribution in [3.05, 3.63) is 24.2 Å². The lowest BCUT2D eigenvalue weighted by molar-refractivity contribution is -0.461. The van der Waals surface area contributed by atoms with E-state index in [-0.39, 0.29) is 6.42 Å². The van der Waals surface area contributed by atoms with Crippen LogP contribution in [0.3, 0.4) is 0 Å². The van der Waals surface area contributed by atoms with Gasteiger partial charge in [-0.05, 0) is 18.9 Å². The Kier molecular flexibility index (Phi) is 7.45. The summed E-state index contributed by atoms with van der Waals surface area (Å²) in [5, 5.41) is 54.8. The van der Waals surface area contributed by atoms with Gasteiger partial charge in [-0.25, -0.2) is 9.59 Å². The van der Waals surface area contributed by atoms with Crippen LogP contribution in [0.4, 0.5) is 0 Å². The second kappa shape index (κ2) is 10.8. The van der Waals surface area contributed by atoms with Gasteiger partial charge in [-0.3, -0.25) is 19.2 Å². The first kappa shape index (κ1) is 37.8. The maximum atomic E-state index is 14.4. The fourth-order valence-electron chi connectivity index (χ4n) is 13.1. The molecule has 7 aliphatic rings. The molecule has 1 spiro atoms. The predicted molar refractivity (Wildman–Crippen MR) is 173 cm³/mol. The molecule has 2 saturated heterocycles. The highest BCUT2D eigenvalue weighted by Crippen LogP contribution is 2.93. The number of aliphatic hydroxyl groups is 4. The number of carbonyl (C=O) groups is 6. The predicted octanol–water partition coefficient (Wildman–Crippen LogP) is -0.445. The lowest BCUT2D eigenvalue weighted by Crippen LogP contribution is -2.98. The fourth-order valence-corrected chi connectivity index (χ4v) is 13.1. The number of methoxy groups -OCH3 is 1. The van der Waals surface area contributed by atoms with Gasteiger partial charge in [0.05, 0.1) is 42.5 Å². The first-order valence-corrected chi connectivity index (χ1v) is 18.1. The van der Waals surface area contributed by atoms with Crippen LogP contribution < -0.4 is 0 Å². The number of hydrogen-bond acceptors (Lipinski definition) is 18. The summed E-state index contributed by atoms with van der Waals surface area (Å²) in [5.41, 5.74) is -20.1. The third kappa shape index (κ3) is 3.66. The Morgan fingerprint density at radius 2 is 1.51 bits per heavy atom. The number of esters is 6. The van der Waals surface area contributed by atoms with Crippen LogP contribution in [-0.2, 0) is 61.9 Å². The molecule has 18 heteroatoms. The van der Waals surface area contributed by atoms with Gasteiger partial charge in [0.1, 0.15) is 22.9 Å². The van der Waals surface area contributed by atoms with Crippen molar-refractivity contribution in [3.8, 4) is 0 Å². The third-order valence-electron chi connectivity index (χ3n) is 14.6.